The van der Waals surface area contributed by atoms with E-state index >= 15 is 0 Å². The van der Waals surface area contributed by atoms with Gasteiger partial charge in [0.05, 0.1) is 5.69 Å². The quantitative estimate of drug-likeness (QED) is 0.764. The summed E-state index contributed by atoms with van der Waals surface area (Å²) in [7, 11) is 0. The molecule has 1 heterocycles. The molecule has 1 unspecified atom stereocenters. The molecule has 0 aliphatic carbocycles. The molecule has 2 rings (SSSR count). The van der Waals surface area contributed by atoms with E-state index in [0.29, 0.717) is 30.2 Å². The maximum absolute atomic E-state index is 13.4. The van der Waals surface area contributed by atoms with Crippen LogP contribution in [0.15, 0.2) is 34.8 Å². The number of fused-ring (bicyclic) bond motifs is 1. The molecule has 6 nitrogen and oxygen atoms in total. The number of carbonyl (C=O) groups is 2. The van der Waals surface area contributed by atoms with Crippen molar-refractivity contribution in [3.05, 3.63) is 35.4 Å². The zero-order valence-corrected chi connectivity index (χ0v) is 18.4. The smallest absolute Gasteiger partial charge is 0.413 e. The van der Waals surface area contributed by atoms with E-state index in [1.165, 1.54) is 0 Å². The van der Waals surface area contributed by atoms with E-state index in [2.05, 4.69) is 24.2 Å². The van der Waals surface area contributed by atoms with E-state index in [-0.39, 0.29) is 11.8 Å². The van der Waals surface area contributed by atoms with Gasteiger partial charge in [0, 0.05) is 30.1 Å². The number of para-hydroxylation sites is 1. The summed E-state index contributed by atoms with van der Waals surface area (Å²) in [5.41, 5.74) is 1.57. The van der Waals surface area contributed by atoms with E-state index in [4.69, 9.17) is 4.74 Å². The highest BCUT2D eigenvalue weighted by Crippen LogP contribution is 2.30. The molecule has 29 heavy (non-hydrogen) atoms. The molecule has 0 radical (unpaired) electrons. The van der Waals surface area contributed by atoms with Gasteiger partial charge in [-0.2, -0.15) is 0 Å². The van der Waals surface area contributed by atoms with Gasteiger partial charge in [-0.3, -0.25) is 10.1 Å². The Bertz CT molecular complexity index is 800. The number of amides is 2. The number of benzene rings is 1. The summed E-state index contributed by atoms with van der Waals surface area (Å²) in [5, 5.41) is 2.77. The molecule has 0 fully saturated rings. The van der Waals surface area contributed by atoms with Crippen molar-refractivity contribution < 1.29 is 14.3 Å². The van der Waals surface area contributed by atoms with E-state index in [9.17, 15) is 9.59 Å². The molecule has 0 saturated carbocycles. The fourth-order valence-electron chi connectivity index (χ4n) is 3.21. The number of rotatable bonds is 5. The fourth-order valence-corrected chi connectivity index (χ4v) is 3.21. The number of hydrogen-bond acceptors (Lipinski definition) is 4. The van der Waals surface area contributed by atoms with Crippen molar-refractivity contribution >= 4 is 29.6 Å². The van der Waals surface area contributed by atoms with Crippen molar-refractivity contribution in [1.82, 2.24) is 10.2 Å². The maximum atomic E-state index is 13.4. The summed E-state index contributed by atoms with van der Waals surface area (Å²) < 4.78 is 5.39. The van der Waals surface area contributed by atoms with Gasteiger partial charge < -0.3 is 9.64 Å². The molecular weight excluding hydrogens is 366 g/mol. The Hall–Kier alpha value is -2.63. The van der Waals surface area contributed by atoms with Gasteiger partial charge >= 0.3 is 6.09 Å². The Morgan fingerprint density at radius 3 is 2.34 bits per heavy atom. The zero-order valence-electron chi connectivity index (χ0n) is 18.4. The Morgan fingerprint density at radius 2 is 1.76 bits per heavy atom. The number of nitrogens with zero attached hydrogens (tertiary/aromatic N) is 2. The van der Waals surface area contributed by atoms with Crippen LogP contribution >= 0.6 is 0 Å². The number of amidine groups is 1. The lowest BCUT2D eigenvalue weighted by Crippen LogP contribution is -2.42. The highest BCUT2D eigenvalue weighted by molar-refractivity contribution is 6.09. The predicted molar refractivity (Wildman–Crippen MR) is 117 cm³/mol. The molecule has 0 saturated heterocycles. The molecule has 1 atom stereocenters. The van der Waals surface area contributed by atoms with E-state index < -0.39 is 11.7 Å². The topological polar surface area (TPSA) is 71.0 Å². The summed E-state index contributed by atoms with van der Waals surface area (Å²) >= 11 is 0. The highest BCUT2D eigenvalue weighted by Gasteiger charge is 2.29. The molecule has 0 bridgehead atoms. The first kappa shape index (κ1) is 22.7. The molecule has 1 aromatic rings. The Morgan fingerprint density at radius 1 is 1.14 bits per heavy atom. The van der Waals surface area contributed by atoms with Crippen LogP contribution in [0.4, 0.5) is 10.5 Å². The van der Waals surface area contributed by atoms with Crippen molar-refractivity contribution in [2.45, 2.75) is 60.0 Å². The molecule has 6 heteroatoms. The molecule has 1 aromatic carbocycles. The molecule has 158 valence electrons. The Balaban J connectivity index is 2.42. The number of alkyl carbamates (subject to hydrolysis) is 1. The number of carbonyl (C=O) groups excluding carboxylic acids is 2. The van der Waals surface area contributed by atoms with E-state index in [1.807, 2.05) is 62.9 Å². The van der Waals surface area contributed by atoms with Gasteiger partial charge in [0.25, 0.3) is 5.91 Å². The molecule has 0 spiro atoms. The van der Waals surface area contributed by atoms with Crippen LogP contribution in [0.25, 0.3) is 6.08 Å². The minimum atomic E-state index is -0.621. The number of nitrogens with one attached hydrogen (secondary N) is 1. The summed E-state index contributed by atoms with van der Waals surface area (Å²) in [6.07, 6.45) is 3.10. The molecular formula is C23H33N3O3. The molecule has 2 amide bonds. The Labute approximate surface area is 174 Å². The van der Waals surface area contributed by atoms with Crippen molar-refractivity contribution in [1.29, 1.82) is 0 Å². The van der Waals surface area contributed by atoms with Crippen LogP contribution in [-0.2, 0) is 9.53 Å². The maximum Gasteiger partial charge on any atom is 0.413 e. The average molecular weight is 400 g/mol. The largest absolute Gasteiger partial charge is 0.444 e. The van der Waals surface area contributed by atoms with Gasteiger partial charge in [-0.25, -0.2) is 9.79 Å². The first-order valence-corrected chi connectivity index (χ1v) is 10.3. The second-order valence-electron chi connectivity index (χ2n) is 8.30. The van der Waals surface area contributed by atoms with Crippen LogP contribution in [0.3, 0.4) is 0 Å². The number of ether oxygens (including phenoxy) is 1. The SMILES string of the molecule is CCCN(CCC)C(=O)C1=Cc2ccccc2N=C(NC(=O)OC(C)(C)C)C1C. The van der Waals surface area contributed by atoms with Crippen LogP contribution in [-0.4, -0.2) is 41.4 Å². The van der Waals surface area contributed by atoms with Gasteiger partial charge in [0.1, 0.15) is 11.4 Å². The lowest BCUT2D eigenvalue weighted by molar-refractivity contribution is -0.127. The van der Waals surface area contributed by atoms with E-state index in [0.717, 1.165) is 18.4 Å². The third kappa shape index (κ3) is 6.17. The van der Waals surface area contributed by atoms with Crippen LogP contribution in [0, 0.1) is 5.92 Å². The fraction of sp³-hybridized carbons (Fsp3) is 0.522. The standard InChI is InChI=1S/C23H33N3O3/c1-7-13-26(14-8-2)21(27)18-15-17-11-9-10-12-19(17)24-20(16(18)3)25-22(28)29-23(4,5)6/h9-12,15-16H,7-8,13-14H2,1-6H3,(H,24,25,28). The molecule has 1 N–H and O–H groups in total. The second-order valence-corrected chi connectivity index (χ2v) is 8.30. The number of hydrogen-bond donors (Lipinski definition) is 1. The minimum absolute atomic E-state index is 0.0170. The van der Waals surface area contributed by atoms with Crippen LogP contribution in [0.1, 0.15) is 59.9 Å². The first-order chi connectivity index (χ1) is 13.7. The summed E-state index contributed by atoms with van der Waals surface area (Å²) in [5.74, 6) is 0.0203. The Kier molecular flexibility index (Phi) is 7.59. The monoisotopic (exact) mass is 399 g/mol. The van der Waals surface area contributed by atoms with Crippen molar-refractivity contribution in [2.75, 3.05) is 13.1 Å². The van der Waals surface area contributed by atoms with Crippen LogP contribution < -0.4 is 5.32 Å². The average Bonchev–Trinajstić information content (AvgIpc) is 2.76. The summed E-state index contributed by atoms with van der Waals surface area (Å²) in [4.78, 5) is 32.3. The zero-order chi connectivity index (χ0) is 21.6. The lowest BCUT2D eigenvalue weighted by Gasteiger charge is -2.26. The third-order valence-electron chi connectivity index (χ3n) is 4.52. The predicted octanol–water partition coefficient (Wildman–Crippen LogP) is 4.92. The van der Waals surface area contributed by atoms with Crippen LogP contribution in [0.2, 0.25) is 0 Å². The van der Waals surface area contributed by atoms with Gasteiger partial charge in [-0.15, -0.1) is 0 Å². The minimum Gasteiger partial charge on any atom is -0.444 e. The van der Waals surface area contributed by atoms with Gasteiger partial charge in [0.15, 0.2) is 0 Å². The van der Waals surface area contributed by atoms with Crippen molar-refractivity contribution in [3.63, 3.8) is 0 Å². The molecule has 1 aliphatic rings. The molecule has 0 aromatic heterocycles. The van der Waals surface area contributed by atoms with Crippen LogP contribution in [0.5, 0.6) is 0 Å². The third-order valence-corrected chi connectivity index (χ3v) is 4.52. The van der Waals surface area contributed by atoms with E-state index in [1.54, 1.807) is 0 Å². The molecule has 1 aliphatic heterocycles. The lowest BCUT2D eigenvalue weighted by atomic mass is 9.96. The first-order valence-electron chi connectivity index (χ1n) is 10.3. The highest BCUT2D eigenvalue weighted by atomic mass is 16.6. The van der Waals surface area contributed by atoms with Crippen molar-refractivity contribution in [2.24, 2.45) is 10.9 Å². The normalized spacial score (nSPS) is 16.1. The summed E-state index contributed by atoms with van der Waals surface area (Å²) in [6.45, 7) is 12.8. The van der Waals surface area contributed by atoms with Gasteiger partial charge in [0.2, 0.25) is 0 Å². The van der Waals surface area contributed by atoms with Gasteiger partial charge in [-0.1, -0.05) is 39.0 Å². The van der Waals surface area contributed by atoms with Crippen molar-refractivity contribution in [3.8, 4) is 0 Å². The second kappa shape index (κ2) is 9.72. The number of aliphatic imine (C=N–C) groups is 1. The summed E-state index contributed by atoms with van der Waals surface area (Å²) in [6, 6.07) is 7.61. The van der Waals surface area contributed by atoms with Gasteiger partial charge in [-0.05, 0) is 45.8 Å².